The van der Waals surface area contributed by atoms with Crippen LogP contribution in [0, 0.1) is 0 Å². The number of aromatic nitrogens is 2. The molecule has 0 aliphatic heterocycles. The van der Waals surface area contributed by atoms with Gasteiger partial charge in [0.05, 0.1) is 5.56 Å². The summed E-state index contributed by atoms with van der Waals surface area (Å²) in [6.07, 6.45) is -0.748. The van der Waals surface area contributed by atoms with E-state index in [1.165, 1.54) is 17.9 Å². The highest BCUT2D eigenvalue weighted by Gasteiger charge is 2.42. The number of amides is 1. The Morgan fingerprint density at radius 1 is 1.31 bits per heavy atom. The summed E-state index contributed by atoms with van der Waals surface area (Å²) in [5.74, 6) is -0.457. The fourth-order valence-corrected chi connectivity index (χ4v) is 3.71. The second-order valence-electron chi connectivity index (χ2n) is 6.51. The largest absolute Gasteiger partial charge is 0.349 e. The SMILES string of the molecule is Cn1cc(C(=O)NC2CC2c2c(Cl)ccc3ccccc23)c(C(F)F)n1. The van der Waals surface area contributed by atoms with Crippen molar-refractivity contribution in [3.8, 4) is 0 Å². The van der Waals surface area contributed by atoms with Gasteiger partial charge in [-0.25, -0.2) is 8.78 Å². The molecule has 1 heterocycles. The monoisotopic (exact) mass is 375 g/mol. The highest BCUT2D eigenvalue weighted by molar-refractivity contribution is 6.32. The molecule has 0 bridgehead atoms. The summed E-state index contributed by atoms with van der Waals surface area (Å²) < 4.78 is 27.3. The summed E-state index contributed by atoms with van der Waals surface area (Å²) in [5.41, 5.74) is 0.415. The lowest BCUT2D eigenvalue weighted by molar-refractivity contribution is 0.0935. The number of rotatable bonds is 4. The quantitative estimate of drug-likeness (QED) is 0.732. The number of nitrogens with one attached hydrogen (secondary N) is 1. The van der Waals surface area contributed by atoms with Crippen LogP contribution in [0.1, 0.15) is 40.4 Å². The molecule has 1 saturated carbocycles. The average molecular weight is 376 g/mol. The van der Waals surface area contributed by atoms with Gasteiger partial charge in [0.15, 0.2) is 0 Å². The maximum Gasteiger partial charge on any atom is 0.282 e. The van der Waals surface area contributed by atoms with Crippen molar-refractivity contribution in [3.63, 3.8) is 0 Å². The molecular weight excluding hydrogens is 360 g/mol. The molecule has 4 rings (SSSR count). The first-order valence-corrected chi connectivity index (χ1v) is 8.63. The van der Waals surface area contributed by atoms with Crippen LogP contribution in [-0.2, 0) is 7.05 Å². The molecule has 0 radical (unpaired) electrons. The van der Waals surface area contributed by atoms with Gasteiger partial charge in [0.2, 0.25) is 0 Å². The topological polar surface area (TPSA) is 46.9 Å². The molecule has 1 aromatic heterocycles. The Morgan fingerprint density at radius 3 is 2.85 bits per heavy atom. The van der Waals surface area contributed by atoms with Gasteiger partial charge in [0.25, 0.3) is 12.3 Å². The van der Waals surface area contributed by atoms with Crippen molar-refractivity contribution in [2.75, 3.05) is 0 Å². The first-order valence-electron chi connectivity index (χ1n) is 8.25. The molecule has 2 aromatic carbocycles. The molecule has 7 heteroatoms. The van der Waals surface area contributed by atoms with Crippen molar-refractivity contribution in [2.24, 2.45) is 7.05 Å². The zero-order valence-electron chi connectivity index (χ0n) is 13.9. The number of hydrogen-bond acceptors (Lipinski definition) is 2. The number of aryl methyl sites for hydroxylation is 1. The van der Waals surface area contributed by atoms with E-state index in [1.807, 2.05) is 36.4 Å². The molecule has 1 amide bonds. The van der Waals surface area contributed by atoms with Crippen LogP contribution in [0.5, 0.6) is 0 Å². The highest BCUT2D eigenvalue weighted by Crippen LogP contribution is 2.47. The van der Waals surface area contributed by atoms with Gasteiger partial charge >= 0.3 is 0 Å². The molecule has 1 N–H and O–H groups in total. The molecule has 0 saturated heterocycles. The van der Waals surface area contributed by atoms with Crippen LogP contribution in [0.3, 0.4) is 0 Å². The number of benzene rings is 2. The summed E-state index contributed by atoms with van der Waals surface area (Å²) in [4.78, 5) is 12.4. The van der Waals surface area contributed by atoms with E-state index in [1.54, 1.807) is 0 Å². The number of hydrogen-bond donors (Lipinski definition) is 1. The lowest BCUT2D eigenvalue weighted by Crippen LogP contribution is -2.27. The summed E-state index contributed by atoms with van der Waals surface area (Å²) in [6.45, 7) is 0. The van der Waals surface area contributed by atoms with E-state index < -0.39 is 18.0 Å². The lowest BCUT2D eigenvalue weighted by atomic mass is 10.0. The fraction of sp³-hybridized carbons (Fsp3) is 0.263. The Balaban J connectivity index is 1.57. The molecule has 3 aromatic rings. The third-order valence-corrected chi connectivity index (χ3v) is 5.03. The van der Waals surface area contributed by atoms with Crippen LogP contribution in [0.15, 0.2) is 42.6 Å². The zero-order chi connectivity index (χ0) is 18.4. The van der Waals surface area contributed by atoms with Crippen LogP contribution < -0.4 is 5.32 Å². The Morgan fingerprint density at radius 2 is 2.08 bits per heavy atom. The van der Waals surface area contributed by atoms with Crippen molar-refractivity contribution in [2.45, 2.75) is 24.8 Å². The molecule has 1 fully saturated rings. The van der Waals surface area contributed by atoms with E-state index in [9.17, 15) is 13.6 Å². The molecule has 4 nitrogen and oxygen atoms in total. The van der Waals surface area contributed by atoms with E-state index in [2.05, 4.69) is 10.4 Å². The van der Waals surface area contributed by atoms with Gasteiger partial charge in [-0.15, -0.1) is 0 Å². The molecular formula is C19H16ClF2N3O. The van der Waals surface area contributed by atoms with Gasteiger partial charge in [-0.05, 0) is 28.8 Å². The molecule has 1 aliphatic rings. The summed E-state index contributed by atoms with van der Waals surface area (Å²) in [6, 6.07) is 11.6. The molecule has 134 valence electrons. The van der Waals surface area contributed by atoms with Gasteiger partial charge < -0.3 is 5.32 Å². The third-order valence-electron chi connectivity index (χ3n) is 4.70. The molecule has 1 aliphatic carbocycles. The van der Waals surface area contributed by atoms with Crippen molar-refractivity contribution in [1.29, 1.82) is 0 Å². The van der Waals surface area contributed by atoms with Crippen molar-refractivity contribution in [3.05, 3.63) is 64.4 Å². The van der Waals surface area contributed by atoms with E-state index in [-0.39, 0.29) is 17.5 Å². The first-order chi connectivity index (χ1) is 12.5. The van der Waals surface area contributed by atoms with Gasteiger partial charge in [-0.2, -0.15) is 5.10 Å². The number of nitrogens with zero attached hydrogens (tertiary/aromatic N) is 2. The maximum absolute atomic E-state index is 13.1. The van der Waals surface area contributed by atoms with Crippen LogP contribution >= 0.6 is 11.6 Å². The fourth-order valence-electron chi connectivity index (χ4n) is 3.41. The second-order valence-corrected chi connectivity index (χ2v) is 6.91. The summed E-state index contributed by atoms with van der Waals surface area (Å²) >= 11 is 6.40. The second kappa shape index (κ2) is 6.36. The van der Waals surface area contributed by atoms with Crippen LogP contribution in [-0.4, -0.2) is 21.7 Å². The standard InChI is InChI=1S/C19H16ClF2N3O/c1-25-9-13(17(24-25)18(21)22)19(26)23-15-8-12(15)16-11-5-3-2-4-10(11)6-7-14(16)20/h2-7,9,12,15,18H,8H2,1H3,(H,23,26). The lowest BCUT2D eigenvalue weighted by Gasteiger charge is -2.10. The molecule has 2 atom stereocenters. The summed E-state index contributed by atoms with van der Waals surface area (Å²) in [7, 11) is 1.51. The minimum absolute atomic E-state index is 0.0734. The van der Waals surface area contributed by atoms with E-state index in [0.717, 1.165) is 22.8 Å². The normalized spacial score (nSPS) is 19.1. The minimum Gasteiger partial charge on any atom is -0.349 e. The third kappa shape index (κ3) is 2.94. The number of carbonyl (C=O) groups is 1. The Labute approximate surface area is 153 Å². The van der Waals surface area contributed by atoms with Crippen molar-refractivity contribution >= 4 is 28.3 Å². The van der Waals surface area contributed by atoms with Gasteiger partial charge in [-0.3, -0.25) is 9.48 Å². The number of fused-ring (bicyclic) bond motifs is 1. The zero-order valence-corrected chi connectivity index (χ0v) is 14.7. The summed E-state index contributed by atoms with van der Waals surface area (Å²) in [5, 5.41) is 9.30. The highest BCUT2D eigenvalue weighted by atomic mass is 35.5. The average Bonchev–Trinajstić information content (AvgIpc) is 3.23. The maximum atomic E-state index is 13.1. The predicted molar refractivity (Wildman–Crippen MR) is 95.7 cm³/mol. The van der Waals surface area contributed by atoms with Gasteiger partial charge in [0, 0.05) is 30.2 Å². The van der Waals surface area contributed by atoms with Gasteiger partial charge in [0.1, 0.15) is 5.69 Å². The van der Waals surface area contributed by atoms with Crippen LogP contribution in [0.4, 0.5) is 8.78 Å². The molecule has 26 heavy (non-hydrogen) atoms. The molecule has 2 unspecified atom stereocenters. The smallest absolute Gasteiger partial charge is 0.282 e. The predicted octanol–water partition coefficient (Wildman–Crippen LogP) is 4.45. The van der Waals surface area contributed by atoms with Crippen molar-refractivity contribution in [1.82, 2.24) is 15.1 Å². The van der Waals surface area contributed by atoms with Gasteiger partial charge in [-0.1, -0.05) is 41.9 Å². The minimum atomic E-state index is -2.79. The Bertz CT molecular complexity index is 1000. The van der Waals surface area contributed by atoms with E-state index >= 15 is 0 Å². The molecule has 0 spiro atoms. The van der Waals surface area contributed by atoms with E-state index in [4.69, 9.17) is 11.6 Å². The van der Waals surface area contributed by atoms with Crippen LogP contribution in [0.2, 0.25) is 5.02 Å². The number of halogens is 3. The number of alkyl halides is 2. The number of carbonyl (C=O) groups excluding carboxylic acids is 1. The Kier molecular flexibility index (Phi) is 4.15. The van der Waals surface area contributed by atoms with Crippen molar-refractivity contribution < 1.29 is 13.6 Å². The van der Waals surface area contributed by atoms with E-state index in [0.29, 0.717) is 5.02 Å². The first kappa shape index (κ1) is 17.0. The Hall–Kier alpha value is -2.47. The van der Waals surface area contributed by atoms with Crippen LogP contribution in [0.25, 0.3) is 10.8 Å².